The van der Waals surface area contributed by atoms with Gasteiger partial charge in [0, 0.05) is 17.3 Å². The van der Waals surface area contributed by atoms with E-state index in [1.54, 1.807) is 30.5 Å². The van der Waals surface area contributed by atoms with Gasteiger partial charge < -0.3 is 5.11 Å². The van der Waals surface area contributed by atoms with E-state index in [2.05, 4.69) is 34.2 Å². The first-order valence-corrected chi connectivity index (χ1v) is 12.0. The van der Waals surface area contributed by atoms with E-state index in [-0.39, 0.29) is 5.56 Å². The number of rotatable bonds is 10. The number of carboxylic acids is 1. The van der Waals surface area contributed by atoms with E-state index >= 15 is 0 Å². The monoisotopic (exact) mass is 428 g/mol. The van der Waals surface area contributed by atoms with Crippen molar-refractivity contribution >= 4 is 5.97 Å². The number of aryl methyl sites for hydroxylation is 1. The molecule has 3 aromatic rings. The smallest absolute Gasteiger partial charge is 0.336 e. The molecule has 4 heteroatoms. The van der Waals surface area contributed by atoms with E-state index in [1.165, 1.54) is 63.4 Å². The molecule has 1 heterocycles. The van der Waals surface area contributed by atoms with Gasteiger partial charge in [0.2, 0.25) is 0 Å². The van der Waals surface area contributed by atoms with Gasteiger partial charge in [-0.25, -0.2) is 14.8 Å². The Morgan fingerprint density at radius 2 is 1.66 bits per heavy atom. The molecule has 166 valence electrons. The van der Waals surface area contributed by atoms with Crippen LogP contribution in [0.3, 0.4) is 0 Å². The van der Waals surface area contributed by atoms with E-state index in [0.29, 0.717) is 11.4 Å². The van der Waals surface area contributed by atoms with Crippen LogP contribution >= 0.6 is 0 Å². The van der Waals surface area contributed by atoms with Crippen LogP contribution in [0.15, 0.2) is 60.8 Å². The molecule has 1 fully saturated rings. The molecule has 0 spiro atoms. The summed E-state index contributed by atoms with van der Waals surface area (Å²) in [5, 5.41) is 9.46. The third-order valence-electron chi connectivity index (χ3n) is 6.61. The molecule has 1 aromatic heterocycles. The Morgan fingerprint density at radius 1 is 0.906 bits per heavy atom. The van der Waals surface area contributed by atoms with E-state index < -0.39 is 5.97 Å². The number of carboxylic acid groups (broad SMARTS) is 1. The Hall–Kier alpha value is -3.01. The first-order valence-electron chi connectivity index (χ1n) is 12.0. The molecule has 0 atom stereocenters. The second-order valence-corrected chi connectivity index (χ2v) is 8.92. The van der Waals surface area contributed by atoms with Crippen LogP contribution in [0.2, 0.25) is 0 Å². The van der Waals surface area contributed by atoms with Gasteiger partial charge in [0.1, 0.15) is 0 Å². The van der Waals surface area contributed by atoms with Crippen molar-refractivity contribution in [1.29, 1.82) is 0 Å². The lowest BCUT2D eigenvalue weighted by Crippen LogP contribution is -2.01. The van der Waals surface area contributed by atoms with Crippen LogP contribution in [0.25, 0.3) is 22.6 Å². The molecule has 0 saturated heterocycles. The SMILES string of the molecule is O=C(O)c1ccccc1-c1nccc(-c2ccc(CCCCCCC3CCCC3)cc2)n1. The van der Waals surface area contributed by atoms with Crippen molar-refractivity contribution in [3.05, 3.63) is 71.9 Å². The lowest BCUT2D eigenvalue weighted by atomic mass is 9.98. The first kappa shape index (κ1) is 22.2. The highest BCUT2D eigenvalue weighted by atomic mass is 16.4. The van der Waals surface area contributed by atoms with Crippen molar-refractivity contribution in [3.8, 4) is 22.6 Å². The molecule has 0 bridgehead atoms. The van der Waals surface area contributed by atoms with Crippen molar-refractivity contribution in [2.45, 2.75) is 64.2 Å². The number of hydrogen-bond acceptors (Lipinski definition) is 3. The molecule has 1 saturated carbocycles. The number of carbonyl (C=O) groups is 1. The number of hydrogen-bond donors (Lipinski definition) is 1. The van der Waals surface area contributed by atoms with Crippen molar-refractivity contribution in [2.75, 3.05) is 0 Å². The highest BCUT2D eigenvalue weighted by molar-refractivity contribution is 5.95. The normalized spacial score (nSPS) is 14.0. The minimum Gasteiger partial charge on any atom is -0.478 e. The van der Waals surface area contributed by atoms with Crippen LogP contribution in [0.4, 0.5) is 0 Å². The summed E-state index contributed by atoms with van der Waals surface area (Å²) in [5.41, 5.74) is 3.92. The summed E-state index contributed by atoms with van der Waals surface area (Å²) < 4.78 is 0. The molecule has 4 nitrogen and oxygen atoms in total. The quantitative estimate of drug-likeness (QED) is 0.347. The van der Waals surface area contributed by atoms with Crippen LogP contribution in [0.1, 0.15) is 73.7 Å². The van der Waals surface area contributed by atoms with Gasteiger partial charge in [-0.05, 0) is 36.5 Å². The predicted molar refractivity (Wildman–Crippen MR) is 129 cm³/mol. The van der Waals surface area contributed by atoms with Crippen molar-refractivity contribution < 1.29 is 9.90 Å². The molecular formula is C28H32N2O2. The number of aromatic nitrogens is 2. The zero-order valence-electron chi connectivity index (χ0n) is 18.7. The van der Waals surface area contributed by atoms with Crippen LogP contribution in [-0.4, -0.2) is 21.0 Å². The van der Waals surface area contributed by atoms with E-state index in [9.17, 15) is 9.90 Å². The second-order valence-electron chi connectivity index (χ2n) is 8.92. The second kappa shape index (κ2) is 11.0. The molecule has 0 amide bonds. The number of aromatic carboxylic acids is 1. The summed E-state index contributed by atoms with van der Waals surface area (Å²) in [7, 11) is 0. The van der Waals surface area contributed by atoms with Gasteiger partial charge in [-0.1, -0.05) is 93.8 Å². The molecule has 0 aliphatic heterocycles. The summed E-state index contributed by atoms with van der Waals surface area (Å²) >= 11 is 0. The van der Waals surface area contributed by atoms with Crippen molar-refractivity contribution in [3.63, 3.8) is 0 Å². The molecule has 0 radical (unpaired) electrons. The fraction of sp³-hybridized carbons (Fsp3) is 0.393. The highest BCUT2D eigenvalue weighted by Crippen LogP contribution is 2.29. The zero-order chi connectivity index (χ0) is 22.2. The average molecular weight is 429 g/mol. The highest BCUT2D eigenvalue weighted by Gasteiger charge is 2.14. The number of benzene rings is 2. The summed E-state index contributed by atoms with van der Waals surface area (Å²) in [4.78, 5) is 20.5. The average Bonchev–Trinajstić information content (AvgIpc) is 3.35. The van der Waals surface area contributed by atoms with Gasteiger partial charge in [-0.15, -0.1) is 0 Å². The minimum absolute atomic E-state index is 0.211. The zero-order valence-corrected chi connectivity index (χ0v) is 18.7. The van der Waals surface area contributed by atoms with Crippen LogP contribution in [-0.2, 0) is 6.42 Å². The number of unbranched alkanes of at least 4 members (excludes halogenated alkanes) is 3. The van der Waals surface area contributed by atoms with Crippen molar-refractivity contribution in [2.24, 2.45) is 5.92 Å². The first-order chi connectivity index (χ1) is 15.7. The lowest BCUT2D eigenvalue weighted by molar-refractivity contribution is 0.0697. The van der Waals surface area contributed by atoms with E-state index in [0.717, 1.165) is 23.6 Å². The van der Waals surface area contributed by atoms with Gasteiger partial charge in [0.25, 0.3) is 0 Å². The third-order valence-corrected chi connectivity index (χ3v) is 6.61. The summed E-state index contributed by atoms with van der Waals surface area (Å²) in [6.45, 7) is 0. The van der Waals surface area contributed by atoms with E-state index in [4.69, 9.17) is 0 Å². The predicted octanol–water partition coefficient (Wildman–Crippen LogP) is 7.19. The van der Waals surface area contributed by atoms with Gasteiger partial charge in [0.15, 0.2) is 5.82 Å². The molecule has 1 aliphatic rings. The van der Waals surface area contributed by atoms with Gasteiger partial charge in [0.05, 0.1) is 11.3 Å². The Balaban J connectivity index is 1.32. The fourth-order valence-electron chi connectivity index (χ4n) is 4.77. The summed E-state index contributed by atoms with van der Waals surface area (Å²) in [6.07, 6.45) is 15.4. The fourth-order valence-corrected chi connectivity index (χ4v) is 4.77. The molecule has 1 N–H and O–H groups in total. The Morgan fingerprint density at radius 3 is 2.44 bits per heavy atom. The Kier molecular flexibility index (Phi) is 7.65. The maximum absolute atomic E-state index is 11.5. The van der Waals surface area contributed by atoms with Crippen molar-refractivity contribution in [1.82, 2.24) is 9.97 Å². The number of nitrogens with zero attached hydrogens (tertiary/aromatic N) is 2. The van der Waals surface area contributed by atoms with Crippen LogP contribution < -0.4 is 0 Å². The van der Waals surface area contributed by atoms with Gasteiger partial charge in [-0.2, -0.15) is 0 Å². The molecule has 0 unspecified atom stereocenters. The summed E-state index contributed by atoms with van der Waals surface area (Å²) in [6, 6.07) is 17.3. The molecule has 1 aliphatic carbocycles. The topological polar surface area (TPSA) is 63.1 Å². The molecular weight excluding hydrogens is 396 g/mol. The Labute approximate surface area is 190 Å². The van der Waals surface area contributed by atoms with E-state index in [1.807, 2.05) is 6.07 Å². The Bertz CT molecular complexity index is 1020. The lowest BCUT2D eigenvalue weighted by Gasteiger charge is -2.09. The van der Waals surface area contributed by atoms with Crippen LogP contribution in [0.5, 0.6) is 0 Å². The summed E-state index contributed by atoms with van der Waals surface area (Å²) in [5.74, 6) is 0.474. The van der Waals surface area contributed by atoms with Gasteiger partial charge in [-0.3, -0.25) is 0 Å². The van der Waals surface area contributed by atoms with Gasteiger partial charge >= 0.3 is 5.97 Å². The molecule has 32 heavy (non-hydrogen) atoms. The largest absolute Gasteiger partial charge is 0.478 e. The minimum atomic E-state index is -0.975. The maximum Gasteiger partial charge on any atom is 0.336 e. The molecule has 4 rings (SSSR count). The third kappa shape index (κ3) is 5.82. The maximum atomic E-state index is 11.5. The van der Waals surface area contributed by atoms with Crippen LogP contribution in [0, 0.1) is 5.92 Å². The molecule has 2 aromatic carbocycles. The standard InChI is InChI=1S/C28H32N2O2/c31-28(32)25-14-8-7-13-24(25)27-29-20-19-26(30-27)23-17-15-22(16-18-23)10-4-2-1-3-9-21-11-5-6-12-21/h7-8,13-21H,1-6,9-12H2,(H,31,32).